The van der Waals surface area contributed by atoms with Gasteiger partial charge in [-0.05, 0) is 17.2 Å². The van der Waals surface area contributed by atoms with Gasteiger partial charge in [-0.25, -0.2) is 10.4 Å². The van der Waals surface area contributed by atoms with E-state index in [0.29, 0.717) is 5.15 Å². The molecule has 0 spiro atoms. The summed E-state index contributed by atoms with van der Waals surface area (Å²) in [6.07, 6.45) is 1.72. The smallest absolute Gasteiger partial charge is 0.129 e. The van der Waals surface area contributed by atoms with Crippen molar-refractivity contribution in [2.24, 2.45) is 5.84 Å². The van der Waals surface area contributed by atoms with Crippen LogP contribution in [0.25, 0.3) is 0 Å². The van der Waals surface area contributed by atoms with E-state index >= 15 is 0 Å². The number of hydrogen-bond acceptors (Lipinski definition) is 3. The zero-order valence-electron chi connectivity index (χ0n) is 8.60. The SMILES string of the molecule is NNC(c1ccccc1)c1ccc(Cl)nc1. The van der Waals surface area contributed by atoms with Crippen molar-refractivity contribution >= 4 is 11.6 Å². The van der Waals surface area contributed by atoms with Crippen molar-refractivity contribution in [2.75, 3.05) is 0 Å². The highest BCUT2D eigenvalue weighted by Gasteiger charge is 2.11. The summed E-state index contributed by atoms with van der Waals surface area (Å²) in [5.74, 6) is 5.56. The number of pyridine rings is 1. The molecular formula is C12H12ClN3. The van der Waals surface area contributed by atoms with Crippen LogP contribution >= 0.6 is 11.6 Å². The molecule has 0 radical (unpaired) electrons. The average molecular weight is 234 g/mol. The second-order valence-corrected chi connectivity index (χ2v) is 3.81. The van der Waals surface area contributed by atoms with Gasteiger partial charge in [-0.1, -0.05) is 48.0 Å². The molecular weight excluding hydrogens is 222 g/mol. The summed E-state index contributed by atoms with van der Waals surface area (Å²) in [4.78, 5) is 4.04. The molecule has 1 heterocycles. The monoisotopic (exact) mass is 233 g/mol. The minimum atomic E-state index is -0.0639. The van der Waals surface area contributed by atoms with Crippen LogP contribution in [-0.4, -0.2) is 4.98 Å². The molecule has 82 valence electrons. The quantitative estimate of drug-likeness (QED) is 0.486. The lowest BCUT2D eigenvalue weighted by Crippen LogP contribution is -2.28. The topological polar surface area (TPSA) is 50.9 Å². The lowest BCUT2D eigenvalue weighted by molar-refractivity contribution is 0.635. The van der Waals surface area contributed by atoms with E-state index in [2.05, 4.69) is 10.4 Å². The van der Waals surface area contributed by atoms with Gasteiger partial charge in [0.15, 0.2) is 0 Å². The molecule has 2 rings (SSSR count). The van der Waals surface area contributed by atoms with Gasteiger partial charge in [0.1, 0.15) is 5.15 Å². The molecule has 0 amide bonds. The fourth-order valence-electron chi connectivity index (χ4n) is 1.59. The molecule has 1 aromatic heterocycles. The predicted octanol–water partition coefficient (Wildman–Crippen LogP) is 2.29. The lowest BCUT2D eigenvalue weighted by Gasteiger charge is -2.16. The van der Waals surface area contributed by atoms with Crippen molar-refractivity contribution in [3.8, 4) is 0 Å². The molecule has 0 aliphatic carbocycles. The van der Waals surface area contributed by atoms with Crippen LogP contribution in [0, 0.1) is 0 Å². The Hall–Kier alpha value is -1.42. The van der Waals surface area contributed by atoms with Gasteiger partial charge in [-0.3, -0.25) is 5.84 Å². The average Bonchev–Trinajstić information content (AvgIpc) is 2.34. The molecule has 0 bridgehead atoms. The van der Waals surface area contributed by atoms with Crippen LogP contribution in [0.15, 0.2) is 48.7 Å². The number of hydrogen-bond donors (Lipinski definition) is 2. The first-order valence-electron chi connectivity index (χ1n) is 4.94. The largest absolute Gasteiger partial charge is 0.271 e. The number of nitrogens with one attached hydrogen (secondary N) is 1. The Kier molecular flexibility index (Phi) is 3.51. The number of nitrogens with zero attached hydrogens (tertiary/aromatic N) is 1. The molecule has 4 heteroatoms. The third-order valence-corrected chi connectivity index (χ3v) is 2.61. The summed E-state index contributed by atoms with van der Waals surface area (Å²) in [5, 5.41) is 0.479. The van der Waals surface area contributed by atoms with Crippen molar-refractivity contribution in [3.63, 3.8) is 0 Å². The first kappa shape index (κ1) is 11.1. The van der Waals surface area contributed by atoms with Crippen LogP contribution in [-0.2, 0) is 0 Å². The second-order valence-electron chi connectivity index (χ2n) is 3.42. The van der Waals surface area contributed by atoms with E-state index < -0.39 is 0 Å². The summed E-state index contributed by atoms with van der Waals surface area (Å²) < 4.78 is 0. The van der Waals surface area contributed by atoms with Gasteiger partial charge < -0.3 is 0 Å². The Morgan fingerprint density at radius 1 is 1.06 bits per heavy atom. The molecule has 3 nitrogen and oxygen atoms in total. The van der Waals surface area contributed by atoms with Crippen molar-refractivity contribution in [1.82, 2.24) is 10.4 Å². The van der Waals surface area contributed by atoms with Crippen LogP contribution in [0.2, 0.25) is 5.15 Å². The van der Waals surface area contributed by atoms with Gasteiger partial charge in [0, 0.05) is 6.20 Å². The van der Waals surface area contributed by atoms with Crippen LogP contribution in [0.4, 0.5) is 0 Å². The van der Waals surface area contributed by atoms with Gasteiger partial charge in [-0.15, -0.1) is 0 Å². The number of benzene rings is 1. The van der Waals surface area contributed by atoms with Crippen LogP contribution in [0.5, 0.6) is 0 Å². The lowest BCUT2D eigenvalue weighted by atomic mass is 10.0. The van der Waals surface area contributed by atoms with Crippen molar-refractivity contribution in [1.29, 1.82) is 0 Å². The van der Waals surface area contributed by atoms with E-state index in [4.69, 9.17) is 17.4 Å². The van der Waals surface area contributed by atoms with Gasteiger partial charge in [0.05, 0.1) is 6.04 Å². The number of hydrazine groups is 1. The second kappa shape index (κ2) is 5.07. The Balaban J connectivity index is 2.33. The van der Waals surface area contributed by atoms with Crippen LogP contribution < -0.4 is 11.3 Å². The fraction of sp³-hybridized carbons (Fsp3) is 0.0833. The molecule has 1 aromatic carbocycles. The molecule has 0 saturated heterocycles. The van der Waals surface area contributed by atoms with Crippen LogP contribution in [0.3, 0.4) is 0 Å². The van der Waals surface area contributed by atoms with Gasteiger partial charge in [0.25, 0.3) is 0 Å². The molecule has 1 atom stereocenters. The van der Waals surface area contributed by atoms with Crippen molar-refractivity contribution < 1.29 is 0 Å². The van der Waals surface area contributed by atoms with Gasteiger partial charge in [0.2, 0.25) is 0 Å². The van der Waals surface area contributed by atoms with E-state index in [1.807, 2.05) is 36.4 Å². The highest BCUT2D eigenvalue weighted by atomic mass is 35.5. The zero-order chi connectivity index (χ0) is 11.4. The van der Waals surface area contributed by atoms with E-state index in [1.165, 1.54) is 0 Å². The van der Waals surface area contributed by atoms with E-state index in [9.17, 15) is 0 Å². The van der Waals surface area contributed by atoms with E-state index in [0.717, 1.165) is 11.1 Å². The summed E-state index contributed by atoms with van der Waals surface area (Å²) in [6, 6.07) is 13.5. The number of halogens is 1. The third-order valence-electron chi connectivity index (χ3n) is 2.38. The van der Waals surface area contributed by atoms with Crippen molar-refractivity contribution in [3.05, 3.63) is 64.9 Å². The highest BCUT2D eigenvalue weighted by Crippen LogP contribution is 2.20. The first-order chi connectivity index (χ1) is 7.81. The number of rotatable bonds is 3. The van der Waals surface area contributed by atoms with Gasteiger partial charge >= 0.3 is 0 Å². The Morgan fingerprint density at radius 3 is 2.38 bits per heavy atom. The highest BCUT2D eigenvalue weighted by molar-refractivity contribution is 6.29. The number of nitrogens with two attached hydrogens (primary N) is 1. The minimum Gasteiger partial charge on any atom is -0.271 e. The predicted molar refractivity (Wildman–Crippen MR) is 64.9 cm³/mol. The molecule has 0 aliphatic rings. The molecule has 16 heavy (non-hydrogen) atoms. The van der Waals surface area contributed by atoms with Crippen molar-refractivity contribution in [2.45, 2.75) is 6.04 Å². The maximum Gasteiger partial charge on any atom is 0.129 e. The van der Waals surface area contributed by atoms with Gasteiger partial charge in [-0.2, -0.15) is 0 Å². The Morgan fingerprint density at radius 2 is 1.81 bits per heavy atom. The zero-order valence-corrected chi connectivity index (χ0v) is 9.35. The fourth-order valence-corrected chi connectivity index (χ4v) is 1.70. The van der Waals surface area contributed by atoms with E-state index in [-0.39, 0.29) is 6.04 Å². The summed E-state index contributed by atoms with van der Waals surface area (Å²) in [5.41, 5.74) is 4.85. The molecule has 0 saturated carbocycles. The Labute approximate surface area is 99.2 Å². The molecule has 2 aromatic rings. The summed E-state index contributed by atoms with van der Waals surface area (Å²) in [7, 11) is 0. The summed E-state index contributed by atoms with van der Waals surface area (Å²) >= 11 is 5.74. The summed E-state index contributed by atoms with van der Waals surface area (Å²) in [6.45, 7) is 0. The first-order valence-corrected chi connectivity index (χ1v) is 5.31. The normalized spacial score (nSPS) is 12.4. The van der Waals surface area contributed by atoms with Crippen LogP contribution in [0.1, 0.15) is 17.2 Å². The molecule has 1 unspecified atom stereocenters. The molecule has 3 N–H and O–H groups in total. The molecule has 0 fully saturated rings. The standard InChI is InChI=1S/C12H12ClN3/c13-11-7-6-10(8-15-11)12(16-14)9-4-2-1-3-5-9/h1-8,12,16H,14H2. The number of aromatic nitrogens is 1. The maximum atomic E-state index is 5.74. The maximum absolute atomic E-state index is 5.74. The van der Waals surface area contributed by atoms with E-state index in [1.54, 1.807) is 12.3 Å². The molecule has 0 aliphatic heterocycles. The third kappa shape index (κ3) is 2.39. The minimum absolute atomic E-state index is 0.0639. The Bertz CT molecular complexity index is 442.